The van der Waals surface area contributed by atoms with E-state index in [0.717, 1.165) is 0 Å². The average Bonchev–Trinajstić information content (AvgIpc) is 2.75. The summed E-state index contributed by atoms with van der Waals surface area (Å²) in [5.41, 5.74) is -1.07. The highest BCUT2D eigenvalue weighted by Crippen LogP contribution is 2.54. The minimum atomic E-state index is -1.66. The van der Waals surface area contributed by atoms with Gasteiger partial charge in [-0.25, -0.2) is 14.1 Å². The molecule has 0 bridgehead atoms. The van der Waals surface area contributed by atoms with Crippen molar-refractivity contribution in [3.05, 3.63) is 12.7 Å². The third-order valence-electron chi connectivity index (χ3n) is 3.23. The van der Waals surface area contributed by atoms with Crippen LogP contribution in [-0.2, 0) is 10.5 Å². The number of halogens is 1. The molecule has 0 spiro atoms. The van der Waals surface area contributed by atoms with Gasteiger partial charge in [-0.3, -0.25) is 0 Å². The number of nitrogens with zero attached hydrogens (tertiary/aromatic N) is 3. The van der Waals surface area contributed by atoms with Gasteiger partial charge in [-0.1, -0.05) is 20.8 Å². The smallest absolute Gasteiger partial charge is 0.231 e. The summed E-state index contributed by atoms with van der Waals surface area (Å²) in [5, 5.41) is 3.86. The van der Waals surface area contributed by atoms with E-state index >= 15 is 0 Å². The molecular weight excluding hydrogens is 197 g/mol. The Morgan fingerprint density at radius 1 is 1.40 bits per heavy atom. The lowest BCUT2D eigenvalue weighted by Crippen LogP contribution is -2.50. The highest BCUT2D eigenvalue weighted by molar-refractivity contribution is 5.10. The van der Waals surface area contributed by atoms with Gasteiger partial charge in [-0.2, -0.15) is 5.10 Å². The predicted octanol–water partition coefficient (Wildman–Crippen LogP) is 1.74. The summed E-state index contributed by atoms with van der Waals surface area (Å²) in [4.78, 5) is 3.77. The van der Waals surface area contributed by atoms with Gasteiger partial charge in [0.2, 0.25) is 5.79 Å². The first-order chi connectivity index (χ1) is 6.81. The van der Waals surface area contributed by atoms with Crippen molar-refractivity contribution in [2.45, 2.75) is 39.1 Å². The Hall–Kier alpha value is -0.970. The molecule has 5 heteroatoms. The van der Waals surface area contributed by atoms with Crippen LogP contribution < -0.4 is 0 Å². The van der Waals surface area contributed by atoms with Crippen LogP contribution in [0, 0.1) is 5.41 Å². The maximum Gasteiger partial charge on any atom is 0.231 e. The number of epoxide rings is 1. The van der Waals surface area contributed by atoms with E-state index in [1.54, 1.807) is 0 Å². The summed E-state index contributed by atoms with van der Waals surface area (Å²) in [6.45, 7) is 7.81. The SMILES string of the molecule is CC(C)(C)C1(C(C)(F)n2cncn2)CO1. The zero-order valence-electron chi connectivity index (χ0n) is 9.49. The zero-order valence-corrected chi connectivity index (χ0v) is 9.49. The van der Waals surface area contributed by atoms with Gasteiger partial charge in [-0.15, -0.1) is 0 Å². The molecule has 2 atom stereocenters. The van der Waals surface area contributed by atoms with E-state index < -0.39 is 11.4 Å². The molecule has 15 heavy (non-hydrogen) atoms. The second-order valence-corrected chi connectivity index (χ2v) is 5.16. The molecule has 0 N–H and O–H groups in total. The molecule has 1 aromatic heterocycles. The lowest BCUT2D eigenvalue weighted by Gasteiger charge is -2.36. The first-order valence-electron chi connectivity index (χ1n) is 4.99. The minimum Gasteiger partial charge on any atom is -0.363 e. The molecule has 0 amide bonds. The molecule has 0 saturated carbocycles. The fourth-order valence-electron chi connectivity index (χ4n) is 2.06. The molecule has 1 aromatic rings. The molecule has 0 aliphatic carbocycles. The monoisotopic (exact) mass is 213 g/mol. The summed E-state index contributed by atoms with van der Waals surface area (Å²) < 4.78 is 21.3. The quantitative estimate of drug-likeness (QED) is 0.703. The first-order valence-corrected chi connectivity index (χ1v) is 4.99. The van der Waals surface area contributed by atoms with E-state index in [9.17, 15) is 4.39 Å². The van der Waals surface area contributed by atoms with Crippen LogP contribution in [0.15, 0.2) is 12.7 Å². The van der Waals surface area contributed by atoms with Crippen LogP contribution in [0.4, 0.5) is 4.39 Å². The van der Waals surface area contributed by atoms with Crippen molar-refractivity contribution in [3.8, 4) is 0 Å². The highest BCUT2D eigenvalue weighted by atomic mass is 19.1. The molecule has 0 aromatic carbocycles. The predicted molar refractivity (Wildman–Crippen MR) is 52.9 cm³/mol. The van der Waals surface area contributed by atoms with Crippen LogP contribution >= 0.6 is 0 Å². The second kappa shape index (κ2) is 2.78. The Labute approximate surface area is 88.5 Å². The molecule has 2 rings (SSSR count). The number of alkyl halides is 1. The summed E-state index contributed by atoms with van der Waals surface area (Å²) >= 11 is 0. The van der Waals surface area contributed by atoms with E-state index in [0.29, 0.717) is 6.61 Å². The van der Waals surface area contributed by atoms with E-state index in [1.807, 2.05) is 20.8 Å². The summed E-state index contributed by atoms with van der Waals surface area (Å²) in [7, 11) is 0. The maximum atomic E-state index is 14.7. The zero-order chi connectivity index (χ0) is 11.3. The summed E-state index contributed by atoms with van der Waals surface area (Å²) in [5.74, 6) is -1.66. The van der Waals surface area contributed by atoms with Crippen molar-refractivity contribution in [2.75, 3.05) is 6.61 Å². The highest BCUT2D eigenvalue weighted by Gasteiger charge is 2.68. The van der Waals surface area contributed by atoms with Gasteiger partial charge < -0.3 is 4.74 Å². The first kappa shape index (κ1) is 10.5. The van der Waals surface area contributed by atoms with Crippen molar-refractivity contribution in [1.29, 1.82) is 0 Å². The van der Waals surface area contributed by atoms with Gasteiger partial charge in [0.25, 0.3) is 0 Å². The van der Waals surface area contributed by atoms with Gasteiger partial charge >= 0.3 is 0 Å². The fourth-order valence-corrected chi connectivity index (χ4v) is 2.06. The number of hydrogen-bond acceptors (Lipinski definition) is 3. The Bertz CT molecular complexity index is 349. The normalized spacial score (nSPS) is 29.9. The molecule has 2 heterocycles. The van der Waals surface area contributed by atoms with E-state index in [1.165, 1.54) is 24.3 Å². The molecule has 4 nitrogen and oxygen atoms in total. The van der Waals surface area contributed by atoms with Crippen molar-refractivity contribution >= 4 is 0 Å². The lowest BCUT2D eigenvalue weighted by molar-refractivity contribution is -0.0717. The van der Waals surface area contributed by atoms with Crippen molar-refractivity contribution in [1.82, 2.24) is 14.8 Å². The molecular formula is C10H16FN3O. The number of aromatic nitrogens is 3. The Morgan fingerprint density at radius 2 is 2.00 bits per heavy atom. The second-order valence-electron chi connectivity index (χ2n) is 5.16. The van der Waals surface area contributed by atoms with Crippen LogP contribution in [0.2, 0.25) is 0 Å². The van der Waals surface area contributed by atoms with Crippen molar-refractivity contribution < 1.29 is 9.13 Å². The third kappa shape index (κ3) is 1.29. The summed E-state index contributed by atoms with van der Waals surface area (Å²) in [6, 6.07) is 0. The molecule has 1 aliphatic heterocycles. The minimum absolute atomic E-state index is 0.275. The molecule has 1 fully saturated rings. The largest absolute Gasteiger partial charge is 0.363 e. The number of rotatable bonds is 2. The van der Waals surface area contributed by atoms with Gasteiger partial charge in [0, 0.05) is 0 Å². The van der Waals surface area contributed by atoms with Crippen LogP contribution in [0.3, 0.4) is 0 Å². The topological polar surface area (TPSA) is 43.2 Å². The number of hydrogen-bond donors (Lipinski definition) is 0. The van der Waals surface area contributed by atoms with E-state index in [-0.39, 0.29) is 5.41 Å². The van der Waals surface area contributed by atoms with Crippen LogP contribution in [0.1, 0.15) is 27.7 Å². The van der Waals surface area contributed by atoms with E-state index in [4.69, 9.17) is 4.74 Å². The van der Waals surface area contributed by atoms with Crippen LogP contribution in [0.5, 0.6) is 0 Å². The Kier molecular flexibility index (Phi) is 1.96. The Morgan fingerprint density at radius 3 is 2.33 bits per heavy atom. The van der Waals surface area contributed by atoms with Crippen molar-refractivity contribution in [3.63, 3.8) is 0 Å². The molecule has 84 valence electrons. The molecule has 1 aliphatic rings. The van der Waals surface area contributed by atoms with Crippen LogP contribution in [0.25, 0.3) is 0 Å². The summed E-state index contributed by atoms with van der Waals surface area (Å²) in [6.07, 6.45) is 2.71. The van der Waals surface area contributed by atoms with E-state index in [2.05, 4.69) is 10.1 Å². The lowest BCUT2D eigenvalue weighted by atomic mass is 9.75. The Balaban J connectivity index is 2.39. The number of ether oxygens (including phenoxy) is 1. The maximum absolute atomic E-state index is 14.7. The molecule has 2 unspecified atom stereocenters. The molecule has 1 saturated heterocycles. The average molecular weight is 213 g/mol. The molecule has 0 radical (unpaired) electrons. The van der Waals surface area contributed by atoms with Crippen molar-refractivity contribution in [2.24, 2.45) is 5.41 Å². The van der Waals surface area contributed by atoms with Gasteiger partial charge in [0.05, 0.1) is 6.61 Å². The fraction of sp³-hybridized carbons (Fsp3) is 0.800. The van der Waals surface area contributed by atoms with Crippen LogP contribution in [-0.4, -0.2) is 27.0 Å². The third-order valence-corrected chi connectivity index (χ3v) is 3.23. The van der Waals surface area contributed by atoms with Gasteiger partial charge in [-0.05, 0) is 12.3 Å². The van der Waals surface area contributed by atoms with Gasteiger partial charge in [0.15, 0.2) is 5.60 Å². The standard InChI is InChI=1S/C10H16FN3O/c1-8(2,3)10(5-15-10)9(4,11)14-7-12-6-13-14/h6-7H,5H2,1-4H3. The van der Waals surface area contributed by atoms with Gasteiger partial charge in [0.1, 0.15) is 12.7 Å².